The second-order valence-electron chi connectivity index (χ2n) is 4.28. The highest BCUT2D eigenvalue weighted by molar-refractivity contribution is 7.81. The Kier molecular flexibility index (Phi) is 3.60. The molecule has 112 valence electrons. The molecule has 4 N–H and O–H groups in total. The van der Waals surface area contributed by atoms with Crippen LogP contribution in [0.5, 0.6) is 0 Å². The Labute approximate surface area is 135 Å². The van der Waals surface area contributed by atoms with Crippen LogP contribution >= 0.6 is 25.3 Å². The van der Waals surface area contributed by atoms with Crippen LogP contribution in [0, 0.1) is 0 Å². The summed E-state index contributed by atoms with van der Waals surface area (Å²) in [6.07, 6.45) is 5.86. The molecule has 0 aromatic heterocycles. The van der Waals surface area contributed by atoms with E-state index in [-0.39, 0.29) is 0 Å². The van der Waals surface area contributed by atoms with Crippen LogP contribution in [0.4, 0.5) is 0 Å². The molecule has 0 aromatic rings. The van der Waals surface area contributed by atoms with Crippen molar-refractivity contribution in [3.05, 3.63) is 0 Å². The summed E-state index contributed by atoms with van der Waals surface area (Å²) in [7, 11) is 0. The lowest BCUT2D eigenvalue weighted by Crippen LogP contribution is -2.35. The van der Waals surface area contributed by atoms with Crippen LogP contribution in [-0.2, 0) is 0 Å². The molecule has 10 nitrogen and oxygen atoms in total. The molecule has 0 amide bonds. The summed E-state index contributed by atoms with van der Waals surface area (Å²) in [5.41, 5.74) is 12.2. The van der Waals surface area contributed by atoms with Gasteiger partial charge in [-0.15, -0.1) is 25.3 Å². The topological polar surface area (TPSA) is 151 Å². The van der Waals surface area contributed by atoms with Crippen LogP contribution in [0.1, 0.15) is 0 Å². The number of aliphatic imine (C=N–C) groups is 8. The summed E-state index contributed by atoms with van der Waals surface area (Å²) in [5, 5.41) is -2.34. The second-order valence-corrected chi connectivity index (χ2v) is 5.60. The SMILES string of the molecule is NC1(S)N=CC2=NC=NC2=N1.NC1(S)N=CC2=NC=NC2=N1. The highest BCUT2D eigenvalue weighted by Gasteiger charge is 2.25. The third-order valence-electron chi connectivity index (χ3n) is 2.51. The van der Waals surface area contributed by atoms with Gasteiger partial charge in [0.15, 0.2) is 11.7 Å². The Balaban J connectivity index is 0.000000131. The van der Waals surface area contributed by atoms with Crippen molar-refractivity contribution in [2.75, 3.05) is 0 Å². The summed E-state index contributed by atoms with van der Waals surface area (Å²) < 4.78 is 0. The molecule has 0 radical (unpaired) electrons. The van der Waals surface area contributed by atoms with Gasteiger partial charge in [0.25, 0.3) is 10.2 Å². The van der Waals surface area contributed by atoms with E-state index in [2.05, 4.69) is 65.2 Å². The molecule has 0 aliphatic carbocycles. The minimum atomic E-state index is -1.17. The molecule has 0 bridgehead atoms. The molecule has 4 aliphatic rings. The lowest BCUT2D eigenvalue weighted by Gasteiger charge is -2.16. The van der Waals surface area contributed by atoms with Gasteiger partial charge in [-0.3, -0.25) is 11.5 Å². The van der Waals surface area contributed by atoms with E-state index >= 15 is 0 Å². The van der Waals surface area contributed by atoms with E-state index in [4.69, 9.17) is 11.5 Å². The van der Waals surface area contributed by atoms with E-state index in [9.17, 15) is 0 Å². The largest absolute Gasteiger partial charge is 0.279 e. The van der Waals surface area contributed by atoms with Gasteiger partial charge in [0.2, 0.25) is 0 Å². The average Bonchev–Trinajstić information content (AvgIpc) is 3.04. The molecule has 4 rings (SSSR count). The predicted molar refractivity (Wildman–Crippen MR) is 95.5 cm³/mol. The monoisotopic (exact) mass is 334 g/mol. The van der Waals surface area contributed by atoms with Gasteiger partial charge in [-0.05, 0) is 0 Å². The zero-order valence-electron chi connectivity index (χ0n) is 10.9. The van der Waals surface area contributed by atoms with Gasteiger partial charge in [0.1, 0.15) is 24.1 Å². The van der Waals surface area contributed by atoms with E-state index < -0.39 is 10.2 Å². The molecule has 0 saturated carbocycles. The Morgan fingerprint density at radius 2 is 1.18 bits per heavy atom. The lowest BCUT2D eigenvalue weighted by atomic mass is 10.3. The second kappa shape index (κ2) is 5.31. The fourth-order valence-corrected chi connectivity index (χ4v) is 1.88. The third-order valence-corrected chi connectivity index (χ3v) is 2.94. The Bertz CT molecular complexity index is 686. The van der Waals surface area contributed by atoms with Crippen molar-refractivity contribution < 1.29 is 0 Å². The highest BCUT2D eigenvalue weighted by Crippen LogP contribution is 2.16. The van der Waals surface area contributed by atoms with Crippen LogP contribution < -0.4 is 11.5 Å². The van der Waals surface area contributed by atoms with Gasteiger partial charge < -0.3 is 0 Å². The van der Waals surface area contributed by atoms with Crippen molar-refractivity contribution in [3.8, 4) is 0 Å². The molecule has 0 saturated heterocycles. The number of hydrogen-bond donors (Lipinski definition) is 4. The summed E-state index contributed by atoms with van der Waals surface area (Å²) in [6.45, 7) is 0. The van der Waals surface area contributed by atoms with Crippen molar-refractivity contribution >= 4 is 73.5 Å². The van der Waals surface area contributed by atoms with Crippen LogP contribution in [0.3, 0.4) is 0 Å². The fraction of sp³-hybridized carbons (Fsp3) is 0.200. The molecule has 22 heavy (non-hydrogen) atoms. The van der Waals surface area contributed by atoms with Crippen LogP contribution in [0.25, 0.3) is 0 Å². The average molecular weight is 334 g/mol. The molecule has 4 heterocycles. The highest BCUT2D eigenvalue weighted by atomic mass is 32.1. The first-order chi connectivity index (χ1) is 10.3. The first kappa shape index (κ1) is 14.9. The van der Waals surface area contributed by atoms with E-state index in [1.807, 2.05) is 0 Å². The minimum absolute atomic E-state index is 0.498. The summed E-state index contributed by atoms with van der Waals surface area (Å²) in [6, 6.07) is 0. The maximum atomic E-state index is 5.48. The molecule has 2 unspecified atom stereocenters. The zero-order chi connectivity index (χ0) is 15.8. The van der Waals surface area contributed by atoms with E-state index in [1.54, 1.807) is 0 Å². The van der Waals surface area contributed by atoms with Gasteiger partial charge in [-0.2, -0.15) is 0 Å². The quantitative estimate of drug-likeness (QED) is 0.328. The lowest BCUT2D eigenvalue weighted by molar-refractivity contribution is 0.694. The third kappa shape index (κ3) is 3.24. The first-order valence-electron chi connectivity index (χ1n) is 5.89. The van der Waals surface area contributed by atoms with Gasteiger partial charge in [-0.25, -0.2) is 39.9 Å². The van der Waals surface area contributed by atoms with Crippen molar-refractivity contribution in [1.82, 2.24) is 0 Å². The summed E-state index contributed by atoms with van der Waals surface area (Å²) >= 11 is 7.93. The summed E-state index contributed by atoms with van der Waals surface area (Å²) in [4.78, 5) is 30.9. The van der Waals surface area contributed by atoms with E-state index in [0.717, 1.165) is 0 Å². The molecule has 2 atom stereocenters. The van der Waals surface area contributed by atoms with Crippen LogP contribution in [0.15, 0.2) is 39.9 Å². The van der Waals surface area contributed by atoms with Crippen LogP contribution in [0.2, 0.25) is 0 Å². The fourth-order valence-electron chi connectivity index (χ4n) is 1.58. The molecule has 0 spiro atoms. The number of thiol groups is 2. The normalized spacial score (nSPS) is 33.3. The molecular weight excluding hydrogens is 324 g/mol. The maximum Gasteiger partial charge on any atom is 0.251 e. The van der Waals surface area contributed by atoms with Gasteiger partial charge in [0.05, 0.1) is 12.4 Å². The molecule has 12 heteroatoms. The van der Waals surface area contributed by atoms with Gasteiger partial charge >= 0.3 is 0 Å². The smallest absolute Gasteiger partial charge is 0.251 e. The number of nitrogens with zero attached hydrogens (tertiary/aromatic N) is 8. The van der Waals surface area contributed by atoms with E-state index in [1.165, 1.54) is 25.1 Å². The van der Waals surface area contributed by atoms with Gasteiger partial charge in [-0.1, -0.05) is 0 Å². The zero-order valence-corrected chi connectivity index (χ0v) is 12.7. The Morgan fingerprint density at radius 1 is 0.773 bits per heavy atom. The predicted octanol–water partition coefficient (Wildman–Crippen LogP) is -1.10. The number of rotatable bonds is 0. The van der Waals surface area contributed by atoms with Crippen molar-refractivity contribution in [3.63, 3.8) is 0 Å². The number of hydrogen-bond acceptors (Lipinski definition) is 12. The number of fused-ring (bicyclic) bond motifs is 2. The van der Waals surface area contributed by atoms with Crippen molar-refractivity contribution in [2.24, 2.45) is 51.4 Å². The molecule has 0 aromatic carbocycles. The van der Waals surface area contributed by atoms with E-state index in [0.29, 0.717) is 23.1 Å². The molecule has 4 aliphatic heterocycles. The van der Waals surface area contributed by atoms with Gasteiger partial charge in [0, 0.05) is 0 Å². The Hall–Kier alpha value is -2.02. The number of nitrogens with two attached hydrogens (primary N) is 2. The van der Waals surface area contributed by atoms with Crippen LogP contribution in [-0.4, -0.2) is 58.4 Å². The molecule has 0 fully saturated rings. The summed E-state index contributed by atoms with van der Waals surface area (Å²) in [5.74, 6) is 0.995. The maximum absolute atomic E-state index is 5.48. The van der Waals surface area contributed by atoms with Crippen molar-refractivity contribution in [1.29, 1.82) is 0 Å². The van der Waals surface area contributed by atoms with Crippen molar-refractivity contribution in [2.45, 2.75) is 10.2 Å². The molecular formula is C10H10N10S2. The Morgan fingerprint density at radius 3 is 1.59 bits per heavy atom. The number of amidine groups is 2. The first-order valence-corrected chi connectivity index (χ1v) is 6.78. The minimum Gasteiger partial charge on any atom is -0.279 e. The standard InChI is InChI=1S/2C5H5N5S/c2*6-5(11)9-1-3-4(10-5)8-2-7-3/h2*1-2,11H,6H2.